The highest BCUT2D eigenvalue weighted by atomic mass is 19.1. The number of anilines is 1. The SMILES string of the molecule is CC(C#N)CNc1cc(F)ccc1F. The fraction of sp³-hybridized carbons (Fsp3) is 0.300. The monoisotopic (exact) mass is 196 g/mol. The van der Waals surface area contributed by atoms with E-state index >= 15 is 0 Å². The molecule has 1 aromatic carbocycles. The summed E-state index contributed by atoms with van der Waals surface area (Å²) in [7, 11) is 0. The Morgan fingerprint density at radius 3 is 2.86 bits per heavy atom. The molecule has 0 aliphatic carbocycles. The van der Waals surface area contributed by atoms with Gasteiger partial charge in [-0.25, -0.2) is 8.78 Å². The van der Waals surface area contributed by atoms with Crippen LogP contribution >= 0.6 is 0 Å². The van der Waals surface area contributed by atoms with Gasteiger partial charge in [0.1, 0.15) is 11.6 Å². The Balaban J connectivity index is 2.67. The van der Waals surface area contributed by atoms with E-state index < -0.39 is 11.6 Å². The summed E-state index contributed by atoms with van der Waals surface area (Å²) in [6.45, 7) is 2.00. The van der Waals surface area contributed by atoms with E-state index in [4.69, 9.17) is 5.26 Å². The molecule has 0 saturated heterocycles. The van der Waals surface area contributed by atoms with Gasteiger partial charge in [0, 0.05) is 6.54 Å². The molecule has 0 spiro atoms. The van der Waals surface area contributed by atoms with Crippen LogP contribution in [0.15, 0.2) is 18.2 Å². The van der Waals surface area contributed by atoms with Crippen LogP contribution in [0, 0.1) is 28.9 Å². The molecule has 1 rings (SSSR count). The molecule has 0 aliphatic rings. The summed E-state index contributed by atoms with van der Waals surface area (Å²) in [6, 6.07) is 5.16. The summed E-state index contributed by atoms with van der Waals surface area (Å²) in [6.07, 6.45) is 0. The molecule has 2 nitrogen and oxygen atoms in total. The summed E-state index contributed by atoms with van der Waals surface area (Å²) in [5.41, 5.74) is 0.0899. The molecule has 0 saturated carbocycles. The maximum atomic E-state index is 13.0. The number of halogens is 2. The second kappa shape index (κ2) is 4.56. The lowest BCUT2D eigenvalue weighted by Crippen LogP contribution is -2.10. The Morgan fingerprint density at radius 1 is 1.50 bits per heavy atom. The van der Waals surface area contributed by atoms with Gasteiger partial charge in [0.05, 0.1) is 17.7 Å². The maximum absolute atomic E-state index is 13.0. The first-order chi connectivity index (χ1) is 6.63. The molecule has 0 radical (unpaired) electrons. The van der Waals surface area contributed by atoms with Gasteiger partial charge in [-0.15, -0.1) is 0 Å². The van der Waals surface area contributed by atoms with Crippen molar-refractivity contribution < 1.29 is 8.78 Å². The molecule has 0 heterocycles. The maximum Gasteiger partial charge on any atom is 0.146 e. The van der Waals surface area contributed by atoms with Crippen molar-refractivity contribution in [2.45, 2.75) is 6.92 Å². The lowest BCUT2D eigenvalue weighted by molar-refractivity contribution is 0.601. The molecule has 1 atom stereocenters. The van der Waals surface area contributed by atoms with E-state index in [-0.39, 0.29) is 11.6 Å². The number of hydrogen-bond donors (Lipinski definition) is 1. The minimum absolute atomic E-state index is 0.0899. The minimum Gasteiger partial charge on any atom is -0.381 e. The van der Waals surface area contributed by atoms with E-state index in [0.717, 1.165) is 18.2 Å². The van der Waals surface area contributed by atoms with Crippen molar-refractivity contribution in [3.8, 4) is 6.07 Å². The molecule has 1 unspecified atom stereocenters. The third kappa shape index (κ3) is 2.70. The summed E-state index contributed by atoms with van der Waals surface area (Å²) < 4.78 is 25.7. The average Bonchev–Trinajstić information content (AvgIpc) is 2.19. The normalized spacial score (nSPS) is 11.9. The van der Waals surface area contributed by atoms with Gasteiger partial charge in [-0.2, -0.15) is 5.26 Å². The lowest BCUT2D eigenvalue weighted by atomic mass is 10.2. The van der Waals surface area contributed by atoms with Gasteiger partial charge in [-0.05, 0) is 25.1 Å². The van der Waals surface area contributed by atoms with Gasteiger partial charge >= 0.3 is 0 Å². The van der Waals surface area contributed by atoms with Crippen LogP contribution in [0.1, 0.15) is 6.92 Å². The average molecular weight is 196 g/mol. The molecule has 0 aromatic heterocycles. The Bertz CT molecular complexity index is 358. The molecule has 1 N–H and O–H groups in total. The summed E-state index contributed by atoms with van der Waals surface area (Å²) in [5.74, 6) is -1.26. The van der Waals surface area contributed by atoms with E-state index in [2.05, 4.69) is 5.32 Å². The van der Waals surface area contributed by atoms with E-state index in [9.17, 15) is 8.78 Å². The highest BCUT2D eigenvalue weighted by molar-refractivity contribution is 5.44. The lowest BCUT2D eigenvalue weighted by Gasteiger charge is -2.08. The Kier molecular flexibility index (Phi) is 3.41. The van der Waals surface area contributed by atoms with E-state index in [1.165, 1.54) is 0 Å². The number of nitrogens with one attached hydrogen (secondary N) is 1. The van der Waals surface area contributed by atoms with E-state index in [1.807, 2.05) is 6.07 Å². The molecule has 0 aliphatic heterocycles. The first-order valence-corrected chi connectivity index (χ1v) is 4.22. The number of benzene rings is 1. The van der Waals surface area contributed by atoms with Crippen LogP contribution < -0.4 is 5.32 Å². The van der Waals surface area contributed by atoms with Crippen molar-refractivity contribution in [3.05, 3.63) is 29.8 Å². The summed E-state index contributed by atoms with van der Waals surface area (Å²) >= 11 is 0. The Morgan fingerprint density at radius 2 is 2.21 bits per heavy atom. The van der Waals surface area contributed by atoms with Gasteiger partial charge in [-0.1, -0.05) is 0 Å². The van der Waals surface area contributed by atoms with Crippen molar-refractivity contribution in [1.29, 1.82) is 5.26 Å². The minimum atomic E-state index is -0.517. The fourth-order valence-electron chi connectivity index (χ4n) is 0.942. The number of nitriles is 1. The highest BCUT2D eigenvalue weighted by Gasteiger charge is 2.04. The van der Waals surface area contributed by atoms with Gasteiger partial charge in [0.2, 0.25) is 0 Å². The van der Waals surface area contributed by atoms with Crippen LogP contribution in [0.3, 0.4) is 0 Å². The van der Waals surface area contributed by atoms with Crippen molar-refractivity contribution in [2.75, 3.05) is 11.9 Å². The highest BCUT2D eigenvalue weighted by Crippen LogP contribution is 2.15. The number of hydrogen-bond acceptors (Lipinski definition) is 2. The molecule has 4 heteroatoms. The van der Waals surface area contributed by atoms with Crippen molar-refractivity contribution in [2.24, 2.45) is 5.92 Å². The fourth-order valence-corrected chi connectivity index (χ4v) is 0.942. The van der Waals surface area contributed by atoms with Gasteiger partial charge in [-0.3, -0.25) is 0 Å². The Labute approximate surface area is 81.2 Å². The predicted molar refractivity (Wildman–Crippen MR) is 49.6 cm³/mol. The standard InChI is InChI=1S/C10H10F2N2/c1-7(5-13)6-14-10-4-8(11)2-3-9(10)12/h2-4,7,14H,6H2,1H3. The number of nitrogens with zero attached hydrogens (tertiary/aromatic N) is 1. The summed E-state index contributed by atoms with van der Waals surface area (Å²) in [5, 5.41) is 11.1. The topological polar surface area (TPSA) is 35.8 Å². The van der Waals surface area contributed by atoms with Crippen LogP contribution in [0.2, 0.25) is 0 Å². The molecule has 14 heavy (non-hydrogen) atoms. The largest absolute Gasteiger partial charge is 0.381 e. The van der Waals surface area contributed by atoms with Gasteiger partial charge in [0.25, 0.3) is 0 Å². The molecule has 0 fully saturated rings. The molecular weight excluding hydrogens is 186 g/mol. The van der Waals surface area contributed by atoms with Crippen LogP contribution in [-0.2, 0) is 0 Å². The third-order valence-corrected chi connectivity index (χ3v) is 1.75. The van der Waals surface area contributed by atoms with Crippen molar-refractivity contribution in [1.82, 2.24) is 0 Å². The Hall–Kier alpha value is -1.63. The first-order valence-electron chi connectivity index (χ1n) is 4.22. The van der Waals surface area contributed by atoms with Crippen molar-refractivity contribution >= 4 is 5.69 Å². The predicted octanol–water partition coefficient (Wildman–Crippen LogP) is 2.54. The van der Waals surface area contributed by atoms with Crippen LogP contribution in [0.5, 0.6) is 0 Å². The van der Waals surface area contributed by atoms with Crippen LogP contribution in [0.4, 0.5) is 14.5 Å². The van der Waals surface area contributed by atoms with Gasteiger partial charge < -0.3 is 5.32 Å². The second-order valence-corrected chi connectivity index (χ2v) is 3.04. The zero-order valence-corrected chi connectivity index (χ0v) is 7.72. The van der Waals surface area contributed by atoms with Crippen LogP contribution in [-0.4, -0.2) is 6.54 Å². The molecule has 0 amide bonds. The van der Waals surface area contributed by atoms with E-state index in [1.54, 1.807) is 6.92 Å². The first kappa shape index (κ1) is 10.5. The number of rotatable bonds is 3. The van der Waals surface area contributed by atoms with Crippen LogP contribution in [0.25, 0.3) is 0 Å². The molecule has 1 aromatic rings. The zero-order valence-electron chi connectivity index (χ0n) is 7.72. The van der Waals surface area contributed by atoms with Gasteiger partial charge in [0.15, 0.2) is 0 Å². The third-order valence-electron chi connectivity index (χ3n) is 1.75. The zero-order chi connectivity index (χ0) is 10.6. The van der Waals surface area contributed by atoms with E-state index in [0.29, 0.717) is 6.54 Å². The van der Waals surface area contributed by atoms with Crippen molar-refractivity contribution in [3.63, 3.8) is 0 Å². The molecule has 0 bridgehead atoms. The smallest absolute Gasteiger partial charge is 0.146 e. The second-order valence-electron chi connectivity index (χ2n) is 3.04. The molecular formula is C10H10F2N2. The molecule has 74 valence electrons. The summed E-state index contributed by atoms with van der Waals surface area (Å²) in [4.78, 5) is 0. The quantitative estimate of drug-likeness (QED) is 0.806.